The summed E-state index contributed by atoms with van der Waals surface area (Å²) in [4.78, 5) is 2.26. The van der Waals surface area contributed by atoms with Crippen LogP contribution in [0.4, 0.5) is 11.4 Å². The summed E-state index contributed by atoms with van der Waals surface area (Å²) in [5.41, 5.74) is 8.10. The zero-order valence-electron chi connectivity index (χ0n) is 19.4. The number of nitrogens with zero attached hydrogens (tertiary/aromatic N) is 1. The Morgan fingerprint density at radius 3 is 2.06 bits per heavy atom. The zero-order chi connectivity index (χ0) is 23.3. The van der Waals surface area contributed by atoms with Crippen LogP contribution in [0, 0.1) is 0 Å². The highest BCUT2D eigenvalue weighted by atomic mass is 15.1. The molecule has 0 fully saturated rings. The van der Waals surface area contributed by atoms with E-state index in [2.05, 4.69) is 140 Å². The molecule has 0 aromatic heterocycles. The minimum absolute atomic E-state index is 1.04. The van der Waals surface area contributed by atoms with Crippen molar-refractivity contribution in [3.8, 4) is 22.3 Å². The summed E-state index contributed by atoms with van der Waals surface area (Å²) in [5.74, 6) is 0. The van der Waals surface area contributed by atoms with Crippen LogP contribution in [-0.4, -0.2) is 0 Å². The first-order chi connectivity index (χ1) is 16.8. The van der Waals surface area contributed by atoms with E-state index < -0.39 is 0 Å². The molecule has 164 valence electrons. The van der Waals surface area contributed by atoms with Crippen molar-refractivity contribution in [2.75, 3.05) is 4.90 Å². The Bertz CT molecular complexity index is 1450. The summed E-state index contributed by atoms with van der Waals surface area (Å²) in [7, 11) is 0. The lowest BCUT2D eigenvalue weighted by Gasteiger charge is -2.27. The van der Waals surface area contributed by atoms with E-state index in [1.807, 2.05) is 12.1 Å². The summed E-state index contributed by atoms with van der Waals surface area (Å²) in [6.07, 6.45) is 4.01. The summed E-state index contributed by atoms with van der Waals surface area (Å²) in [6, 6.07) is 43.0. The molecule has 5 aromatic rings. The van der Waals surface area contributed by atoms with Gasteiger partial charge in [-0.2, -0.15) is 0 Å². The van der Waals surface area contributed by atoms with Crippen molar-refractivity contribution in [3.05, 3.63) is 146 Å². The molecule has 0 saturated heterocycles. The van der Waals surface area contributed by atoms with Gasteiger partial charge in [-0.1, -0.05) is 110 Å². The van der Waals surface area contributed by atoms with Gasteiger partial charge in [-0.3, -0.25) is 0 Å². The second-order valence-electron chi connectivity index (χ2n) is 8.24. The minimum atomic E-state index is 1.04. The maximum absolute atomic E-state index is 4.07. The molecule has 0 aliphatic rings. The Kier molecular flexibility index (Phi) is 6.09. The molecular formula is C33H27N. The lowest BCUT2D eigenvalue weighted by Crippen LogP contribution is -2.14. The largest absolute Gasteiger partial charge is 0.311 e. The van der Waals surface area contributed by atoms with E-state index in [1.54, 1.807) is 0 Å². The molecule has 0 N–H and O–H groups in total. The molecule has 5 aromatic carbocycles. The van der Waals surface area contributed by atoms with Crippen molar-refractivity contribution in [2.24, 2.45) is 0 Å². The van der Waals surface area contributed by atoms with Gasteiger partial charge in [0.25, 0.3) is 0 Å². The van der Waals surface area contributed by atoms with Gasteiger partial charge in [-0.25, -0.2) is 0 Å². The molecular weight excluding hydrogens is 410 g/mol. The first-order valence-electron chi connectivity index (χ1n) is 11.6. The van der Waals surface area contributed by atoms with E-state index in [0.29, 0.717) is 0 Å². The third kappa shape index (κ3) is 4.16. The molecule has 0 atom stereocenters. The smallest absolute Gasteiger partial charge is 0.0467 e. The predicted molar refractivity (Wildman–Crippen MR) is 147 cm³/mol. The monoisotopic (exact) mass is 437 g/mol. The molecule has 5 rings (SSSR count). The molecule has 34 heavy (non-hydrogen) atoms. The van der Waals surface area contributed by atoms with Gasteiger partial charge in [0.05, 0.1) is 0 Å². The Morgan fingerprint density at radius 2 is 1.29 bits per heavy atom. The van der Waals surface area contributed by atoms with E-state index in [0.717, 1.165) is 17.1 Å². The van der Waals surface area contributed by atoms with E-state index in [9.17, 15) is 0 Å². The van der Waals surface area contributed by atoms with Gasteiger partial charge in [0.15, 0.2) is 0 Å². The molecule has 0 aliphatic heterocycles. The molecule has 0 saturated carbocycles. The Labute approximate surface area is 201 Å². The van der Waals surface area contributed by atoms with Crippen molar-refractivity contribution >= 4 is 22.1 Å². The number of hydrogen-bond donors (Lipinski definition) is 0. The molecule has 1 nitrogen and oxygen atoms in total. The second-order valence-corrected chi connectivity index (χ2v) is 8.24. The average Bonchev–Trinajstić information content (AvgIpc) is 2.92. The second kappa shape index (κ2) is 9.64. The number of benzene rings is 5. The summed E-state index contributed by atoms with van der Waals surface area (Å²) in [6.45, 7) is 6.12. The summed E-state index contributed by atoms with van der Waals surface area (Å²) < 4.78 is 0. The molecule has 0 amide bonds. The highest BCUT2D eigenvalue weighted by Gasteiger charge is 2.14. The van der Waals surface area contributed by atoms with Crippen LogP contribution in [0.5, 0.6) is 0 Å². The van der Waals surface area contributed by atoms with Gasteiger partial charge in [0.1, 0.15) is 0 Å². The van der Waals surface area contributed by atoms with Gasteiger partial charge >= 0.3 is 0 Å². The van der Waals surface area contributed by atoms with Crippen molar-refractivity contribution in [1.29, 1.82) is 0 Å². The fourth-order valence-electron chi connectivity index (χ4n) is 4.51. The summed E-state index contributed by atoms with van der Waals surface area (Å²) >= 11 is 0. The van der Waals surface area contributed by atoms with E-state index in [1.165, 1.54) is 33.0 Å². The molecule has 0 aliphatic carbocycles. The molecule has 0 heterocycles. The van der Waals surface area contributed by atoms with Crippen LogP contribution in [0.3, 0.4) is 0 Å². The number of anilines is 2. The predicted octanol–water partition coefficient (Wildman–Crippen LogP) is 9.40. The molecule has 0 bridgehead atoms. The van der Waals surface area contributed by atoms with E-state index >= 15 is 0 Å². The van der Waals surface area contributed by atoms with Crippen LogP contribution in [0.15, 0.2) is 146 Å². The maximum Gasteiger partial charge on any atom is 0.0467 e. The third-order valence-electron chi connectivity index (χ3n) is 6.20. The van der Waals surface area contributed by atoms with Crippen LogP contribution >= 0.6 is 0 Å². The zero-order valence-corrected chi connectivity index (χ0v) is 19.4. The Hall–Kier alpha value is -4.36. The van der Waals surface area contributed by atoms with Crippen LogP contribution in [0.2, 0.25) is 0 Å². The maximum atomic E-state index is 4.07. The fourth-order valence-corrected chi connectivity index (χ4v) is 4.51. The Morgan fingerprint density at radius 1 is 0.618 bits per heavy atom. The third-order valence-corrected chi connectivity index (χ3v) is 6.20. The highest BCUT2D eigenvalue weighted by molar-refractivity contribution is 5.96. The minimum Gasteiger partial charge on any atom is -0.311 e. The quantitative estimate of drug-likeness (QED) is 0.239. The van der Waals surface area contributed by atoms with Crippen LogP contribution in [0.1, 0.15) is 6.92 Å². The number of hydrogen-bond acceptors (Lipinski definition) is 1. The lowest BCUT2D eigenvalue weighted by atomic mass is 9.98. The highest BCUT2D eigenvalue weighted by Crippen LogP contribution is 2.35. The van der Waals surface area contributed by atoms with Crippen LogP contribution in [-0.2, 0) is 0 Å². The van der Waals surface area contributed by atoms with Gasteiger partial charge < -0.3 is 4.90 Å². The Balaban J connectivity index is 1.57. The van der Waals surface area contributed by atoms with Crippen molar-refractivity contribution < 1.29 is 0 Å². The normalized spacial score (nSPS) is 11.4. The first-order valence-corrected chi connectivity index (χ1v) is 11.6. The van der Waals surface area contributed by atoms with Gasteiger partial charge in [-0.15, -0.1) is 0 Å². The van der Waals surface area contributed by atoms with E-state index in [-0.39, 0.29) is 0 Å². The van der Waals surface area contributed by atoms with Crippen molar-refractivity contribution in [2.45, 2.75) is 6.92 Å². The van der Waals surface area contributed by atoms with Crippen molar-refractivity contribution in [3.63, 3.8) is 0 Å². The van der Waals surface area contributed by atoms with Crippen molar-refractivity contribution in [1.82, 2.24) is 0 Å². The number of allylic oxidation sites excluding steroid dienone is 2. The number of fused-ring (bicyclic) bond motifs is 1. The molecule has 0 spiro atoms. The first kappa shape index (κ1) is 21.5. The summed E-state index contributed by atoms with van der Waals surface area (Å²) in [5, 5.41) is 2.52. The van der Waals surface area contributed by atoms with Gasteiger partial charge in [-0.05, 0) is 70.3 Å². The standard InChI is InChI=1S/C33H27N/c1-3-29(4-2)34(31-17-10-16-28(24-31)25-12-6-5-7-13-25)30-22-20-27(21-23-30)33-19-11-15-26-14-8-9-18-32(26)33/h3-24H,1H2,2H3/b29-4+. The van der Waals surface area contributed by atoms with Gasteiger partial charge in [0, 0.05) is 17.1 Å². The molecule has 0 unspecified atom stereocenters. The fraction of sp³-hybridized carbons (Fsp3) is 0.0303. The van der Waals surface area contributed by atoms with E-state index in [4.69, 9.17) is 0 Å². The average molecular weight is 438 g/mol. The van der Waals surface area contributed by atoms with Gasteiger partial charge in [0.2, 0.25) is 0 Å². The van der Waals surface area contributed by atoms with Crippen LogP contribution < -0.4 is 4.90 Å². The molecule has 1 heteroatoms. The molecule has 0 radical (unpaired) electrons. The SMILES string of the molecule is C=C/C(=C\C)N(c1ccc(-c2cccc3ccccc23)cc1)c1cccc(-c2ccccc2)c1. The topological polar surface area (TPSA) is 3.24 Å². The van der Waals surface area contributed by atoms with Crippen LogP contribution in [0.25, 0.3) is 33.0 Å². The lowest BCUT2D eigenvalue weighted by molar-refractivity contribution is 1.20. The number of rotatable bonds is 6.